The molecule has 5 nitrogen and oxygen atoms in total. The van der Waals surface area contributed by atoms with Gasteiger partial charge in [0.15, 0.2) is 0 Å². The molecule has 3 rings (SSSR count). The van der Waals surface area contributed by atoms with Crippen molar-refractivity contribution in [2.75, 3.05) is 32.7 Å². The van der Waals surface area contributed by atoms with Gasteiger partial charge < -0.3 is 14.9 Å². The van der Waals surface area contributed by atoms with Gasteiger partial charge in [-0.25, -0.2) is 0 Å². The molecule has 0 bridgehead atoms. The van der Waals surface area contributed by atoms with E-state index in [9.17, 15) is 9.90 Å². The molecule has 2 aliphatic heterocycles. The Morgan fingerprint density at radius 3 is 2.77 bits per heavy atom. The monoisotopic (exact) mass is 303 g/mol. The SMILES string of the molecule is Cc1cncc(C(=O)N2CCCC(O)(CN3CCCC3)C2)c1. The van der Waals surface area contributed by atoms with Gasteiger partial charge in [0.25, 0.3) is 5.91 Å². The van der Waals surface area contributed by atoms with Crippen LogP contribution in [0.2, 0.25) is 0 Å². The lowest BCUT2D eigenvalue weighted by atomic mass is 9.91. The number of amides is 1. The first-order chi connectivity index (χ1) is 10.6. The van der Waals surface area contributed by atoms with E-state index in [0.717, 1.165) is 38.0 Å². The lowest BCUT2D eigenvalue weighted by Gasteiger charge is -2.41. The van der Waals surface area contributed by atoms with Gasteiger partial charge in [0, 0.05) is 25.5 Å². The number of hydrogen-bond acceptors (Lipinski definition) is 4. The average molecular weight is 303 g/mol. The molecule has 1 aromatic rings. The Morgan fingerprint density at radius 1 is 1.27 bits per heavy atom. The summed E-state index contributed by atoms with van der Waals surface area (Å²) in [4.78, 5) is 20.8. The largest absolute Gasteiger partial charge is 0.387 e. The predicted octanol–water partition coefficient (Wildman–Crippen LogP) is 1.45. The summed E-state index contributed by atoms with van der Waals surface area (Å²) in [6.07, 6.45) is 7.43. The van der Waals surface area contributed by atoms with Crippen LogP contribution in [-0.4, -0.2) is 64.1 Å². The van der Waals surface area contributed by atoms with Crippen molar-refractivity contribution >= 4 is 5.91 Å². The minimum absolute atomic E-state index is 0.0178. The average Bonchev–Trinajstić information content (AvgIpc) is 2.98. The third-order valence-electron chi connectivity index (χ3n) is 4.68. The zero-order valence-corrected chi connectivity index (χ0v) is 13.3. The van der Waals surface area contributed by atoms with Gasteiger partial charge in [0.1, 0.15) is 0 Å². The second-order valence-corrected chi connectivity index (χ2v) is 6.79. The van der Waals surface area contributed by atoms with Crippen molar-refractivity contribution in [2.24, 2.45) is 0 Å². The van der Waals surface area contributed by atoms with Crippen molar-refractivity contribution in [1.82, 2.24) is 14.8 Å². The zero-order valence-electron chi connectivity index (χ0n) is 13.3. The van der Waals surface area contributed by atoms with E-state index in [-0.39, 0.29) is 5.91 Å². The number of aryl methyl sites for hydroxylation is 1. The summed E-state index contributed by atoms with van der Waals surface area (Å²) in [6.45, 7) is 5.90. The van der Waals surface area contributed by atoms with E-state index >= 15 is 0 Å². The molecule has 2 fully saturated rings. The van der Waals surface area contributed by atoms with Crippen molar-refractivity contribution in [1.29, 1.82) is 0 Å². The molecular weight excluding hydrogens is 278 g/mol. The van der Waals surface area contributed by atoms with Crippen LogP contribution in [0.3, 0.4) is 0 Å². The Bertz CT molecular complexity index is 542. The molecule has 2 saturated heterocycles. The van der Waals surface area contributed by atoms with Gasteiger partial charge in [-0.2, -0.15) is 0 Å². The fourth-order valence-corrected chi connectivity index (χ4v) is 3.63. The van der Waals surface area contributed by atoms with Gasteiger partial charge in [-0.15, -0.1) is 0 Å². The maximum Gasteiger partial charge on any atom is 0.255 e. The fraction of sp³-hybridized carbons (Fsp3) is 0.647. The lowest BCUT2D eigenvalue weighted by Crippen LogP contribution is -2.55. The predicted molar refractivity (Wildman–Crippen MR) is 84.7 cm³/mol. The van der Waals surface area contributed by atoms with Gasteiger partial charge >= 0.3 is 0 Å². The number of aliphatic hydroxyl groups is 1. The minimum atomic E-state index is -0.768. The van der Waals surface area contributed by atoms with E-state index in [1.54, 1.807) is 17.3 Å². The van der Waals surface area contributed by atoms with Crippen LogP contribution in [0.15, 0.2) is 18.5 Å². The molecule has 1 aromatic heterocycles. The number of nitrogens with zero attached hydrogens (tertiary/aromatic N) is 3. The van der Waals surface area contributed by atoms with E-state index in [4.69, 9.17) is 0 Å². The molecule has 120 valence electrons. The van der Waals surface area contributed by atoms with Crippen LogP contribution in [0.1, 0.15) is 41.6 Å². The van der Waals surface area contributed by atoms with Crippen LogP contribution < -0.4 is 0 Å². The van der Waals surface area contributed by atoms with Crippen LogP contribution in [-0.2, 0) is 0 Å². The summed E-state index contributed by atoms with van der Waals surface area (Å²) in [7, 11) is 0. The van der Waals surface area contributed by atoms with Crippen LogP contribution in [0.4, 0.5) is 0 Å². The lowest BCUT2D eigenvalue weighted by molar-refractivity contribution is -0.0431. The van der Waals surface area contributed by atoms with Crippen molar-refractivity contribution in [3.63, 3.8) is 0 Å². The summed E-state index contributed by atoms with van der Waals surface area (Å²) in [6, 6.07) is 1.86. The third-order valence-corrected chi connectivity index (χ3v) is 4.68. The topological polar surface area (TPSA) is 56.7 Å². The van der Waals surface area contributed by atoms with Crippen molar-refractivity contribution in [3.05, 3.63) is 29.6 Å². The number of likely N-dealkylation sites (tertiary alicyclic amines) is 2. The smallest absolute Gasteiger partial charge is 0.255 e. The van der Waals surface area contributed by atoms with E-state index in [2.05, 4.69) is 9.88 Å². The van der Waals surface area contributed by atoms with Gasteiger partial charge in [0.2, 0.25) is 0 Å². The summed E-state index contributed by atoms with van der Waals surface area (Å²) >= 11 is 0. The molecule has 1 atom stereocenters. The van der Waals surface area contributed by atoms with Crippen LogP contribution in [0.25, 0.3) is 0 Å². The van der Waals surface area contributed by atoms with Crippen molar-refractivity contribution in [2.45, 2.75) is 38.2 Å². The molecule has 5 heteroatoms. The van der Waals surface area contributed by atoms with E-state index in [1.807, 2.05) is 13.0 Å². The molecule has 0 spiro atoms. The highest BCUT2D eigenvalue weighted by Gasteiger charge is 2.37. The number of pyridine rings is 1. The Balaban J connectivity index is 1.68. The molecule has 0 aromatic carbocycles. The highest BCUT2D eigenvalue weighted by Crippen LogP contribution is 2.25. The molecule has 22 heavy (non-hydrogen) atoms. The zero-order chi connectivity index (χ0) is 15.6. The molecule has 1 N–H and O–H groups in total. The molecule has 1 amide bonds. The third kappa shape index (κ3) is 3.47. The number of aromatic nitrogens is 1. The quantitative estimate of drug-likeness (QED) is 0.918. The van der Waals surface area contributed by atoms with Crippen molar-refractivity contribution in [3.8, 4) is 0 Å². The summed E-state index contributed by atoms with van der Waals surface area (Å²) in [5.41, 5.74) is 0.829. The first kappa shape index (κ1) is 15.4. The minimum Gasteiger partial charge on any atom is -0.387 e. The van der Waals surface area contributed by atoms with E-state index < -0.39 is 5.60 Å². The number of hydrogen-bond donors (Lipinski definition) is 1. The summed E-state index contributed by atoms with van der Waals surface area (Å²) in [5.74, 6) is -0.0178. The van der Waals surface area contributed by atoms with Crippen LogP contribution in [0.5, 0.6) is 0 Å². The van der Waals surface area contributed by atoms with Gasteiger partial charge in [0.05, 0.1) is 17.7 Å². The van der Waals surface area contributed by atoms with Crippen molar-refractivity contribution < 1.29 is 9.90 Å². The maximum absolute atomic E-state index is 12.6. The fourth-order valence-electron chi connectivity index (χ4n) is 3.63. The Labute approximate surface area is 131 Å². The summed E-state index contributed by atoms with van der Waals surface area (Å²) in [5, 5.41) is 10.9. The number of β-amino-alcohol motifs (C(OH)–C–C–N with tert-alkyl or cyclic N) is 1. The highest BCUT2D eigenvalue weighted by molar-refractivity contribution is 5.94. The maximum atomic E-state index is 12.6. The standard InChI is InChI=1S/C17H25N3O2/c1-14-9-15(11-18-10-14)16(21)20-8-4-5-17(22,13-20)12-19-6-2-3-7-19/h9-11,22H,2-8,12-13H2,1H3. The molecular formula is C17H25N3O2. The highest BCUT2D eigenvalue weighted by atomic mass is 16.3. The second-order valence-electron chi connectivity index (χ2n) is 6.79. The van der Waals surface area contributed by atoms with E-state index in [0.29, 0.717) is 18.7 Å². The normalized spacial score (nSPS) is 26.4. The van der Waals surface area contributed by atoms with Gasteiger partial charge in [-0.05, 0) is 57.3 Å². The van der Waals surface area contributed by atoms with Gasteiger partial charge in [-0.1, -0.05) is 0 Å². The van der Waals surface area contributed by atoms with E-state index in [1.165, 1.54) is 12.8 Å². The molecule has 0 aliphatic carbocycles. The first-order valence-corrected chi connectivity index (χ1v) is 8.21. The Morgan fingerprint density at radius 2 is 2.05 bits per heavy atom. The van der Waals surface area contributed by atoms with Crippen LogP contribution in [0, 0.1) is 6.92 Å². The Hall–Kier alpha value is -1.46. The molecule has 3 heterocycles. The number of carbonyl (C=O) groups is 1. The molecule has 0 radical (unpaired) electrons. The molecule has 2 aliphatic rings. The number of rotatable bonds is 3. The number of piperidine rings is 1. The van der Waals surface area contributed by atoms with Gasteiger partial charge in [-0.3, -0.25) is 9.78 Å². The van der Waals surface area contributed by atoms with Crippen LogP contribution >= 0.6 is 0 Å². The number of carbonyl (C=O) groups excluding carboxylic acids is 1. The Kier molecular flexibility index (Phi) is 4.45. The molecule has 0 saturated carbocycles. The second kappa shape index (κ2) is 6.34. The molecule has 1 unspecified atom stereocenters. The summed E-state index contributed by atoms with van der Waals surface area (Å²) < 4.78 is 0. The first-order valence-electron chi connectivity index (χ1n) is 8.21.